The minimum Gasteiger partial charge on any atom is -0.463 e. The molecule has 0 aromatic rings. The van der Waals surface area contributed by atoms with E-state index in [2.05, 4.69) is 11.7 Å². The fraction of sp³-hybridized carbons (Fsp3) is 0.846. The first kappa shape index (κ1) is 15.9. The highest BCUT2D eigenvalue weighted by Gasteiger charge is 2.39. The van der Waals surface area contributed by atoms with Crippen LogP contribution in [-0.4, -0.2) is 18.2 Å². The summed E-state index contributed by atoms with van der Waals surface area (Å²) in [5.74, 6) is -1.05. The molecule has 17 heavy (non-hydrogen) atoms. The van der Waals surface area contributed by atoms with Gasteiger partial charge in [-0.05, 0) is 13.3 Å². The molecule has 0 aliphatic rings. The summed E-state index contributed by atoms with van der Waals surface area (Å²) in [7, 11) is 0. The van der Waals surface area contributed by atoms with Crippen molar-refractivity contribution >= 4 is 5.97 Å². The van der Waals surface area contributed by atoms with Gasteiger partial charge in [-0.15, -0.1) is 0 Å². The normalized spacial score (nSPS) is 13.8. The molecule has 3 nitrogen and oxygen atoms in total. The SMILES string of the molecule is CCCCCCCC[C@@](F)(C#N)C(=O)OCC. The van der Waals surface area contributed by atoms with E-state index in [-0.39, 0.29) is 13.0 Å². The Morgan fingerprint density at radius 3 is 2.35 bits per heavy atom. The van der Waals surface area contributed by atoms with Crippen LogP contribution in [0.2, 0.25) is 0 Å². The number of halogens is 1. The fourth-order valence-electron chi connectivity index (χ4n) is 1.60. The number of alkyl halides is 1. The summed E-state index contributed by atoms with van der Waals surface area (Å²) in [6, 6.07) is 1.42. The van der Waals surface area contributed by atoms with Crippen LogP contribution in [0.3, 0.4) is 0 Å². The van der Waals surface area contributed by atoms with Gasteiger partial charge in [0.2, 0.25) is 0 Å². The Hall–Kier alpha value is -1.11. The highest BCUT2D eigenvalue weighted by molar-refractivity contribution is 5.82. The van der Waals surface area contributed by atoms with Crippen molar-refractivity contribution in [3.8, 4) is 6.07 Å². The number of rotatable bonds is 9. The number of esters is 1. The first-order chi connectivity index (χ1) is 8.10. The van der Waals surface area contributed by atoms with Crippen LogP contribution in [0, 0.1) is 11.3 Å². The zero-order valence-corrected chi connectivity index (χ0v) is 10.8. The number of hydrogen-bond donors (Lipinski definition) is 0. The average Bonchev–Trinajstić information content (AvgIpc) is 2.33. The van der Waals surface area contributed by atoms with Crippen LogP contribution in [0.4, 0.5) is 4.39 Å². The van der Waals surface area contributed by atoms with E-state index >= 15 is 0 Å². The van der Waals surface area contributed by atoms with Crippen LogP contribution in [0.1, 0.15) is 58.8 Å². The molecule has 1 atom stereocenters. The first-order valence-corrected chi connectivity index (χ1v) is 6.38. The van der Waals surface area contributed by atoms with Crippen molar-refractivity contribution in [2.45, 2.75) is 64.5 Å². The van der Waals surface area contributed by atoms with Crippen LogP contribution >= 0.6 is 0 Å². The first-order valence-electron chi connectivity index (χ1n) is 6.38. The Bertz CT molecular complexity index is 263. The highest BCUT2D eigenvalue weighted by atomic mass is 19.1. The quantitative estimate of drug-likeness (QED) is 0.460. The van der Waals surface area contributed by atoms with E-state index < -0.39 is 11.6 Å². The highest BCUT2D eigenvalue weighted by Crippen LogP contribution is 2.21. The number of carbonyl (C=O) groups is 1. The smallest absolute Gasteiger partial charge is 0.358 e. The third-order valence-corrected chi connectivity index (χ3v) is 2.65. The Morgan fingerprint density at radius 2 is 1.82 bits per heavy atom. The molecule has 0 N–H and O–H groups in total. The maximum absolute atomic E-state index is 13.8. The number of carbonyl (C=O) groups excluding carboxylic acids is 1. The molecule has 0 aromatic heterocycles. The topological polar surface area (TPSA) is 50.1 Å². The predicted molar refractivity (Wildman–Crippen MR) is 64.1 cm³/mol. The summed E-state index contributed by atoms with van der Waals surface area (Å²) in [6.45, 7) is 3.83. The van der Waals surface area contributed by atoms with E-state index in [9.17, 15) is 9.18 Å². The second kappa shape index (κ2) is 8.98. The number of nitriles is 1. The summed E-state index contributed by atoms with van der Waals surface area (Å²) in [6.07, 6.45) is 5.83. The molecule has 0 bridgehead atoms. The lowest BCUT2D eigenvalue weighted by Crippen LogP contribution is -2.34. The van der Waals surface area contributed by atoms with Gasteiger partial charge in [-0.25, -0.2) is 9.18 Å². The number of unbranched alkanes of at least 4 members (excludes halogenated alkanes) is 5. The number of hydrogen-bond acceptors (Lipinski definition) is 3. The molecular weight excluding hydrogens is 221 g/mol. The van der Waals surface area contributed by atoms with E-state index in [1.807, 2.05) is 0 Å². The summed E-state index contributed by atoms with van der Waals surface area (Å²) in [5, 5.41) is 8.70. The van der Waals surface area contributed by atoms with Crippen molar-refractivity contribution in [2.24, 2.45) is 0 Å². The maximum Gasteiger partial charge on any atom is 0.358 e. The van der Waals surface area contributed by atoms with E-state index in [0.29, 0.717) is 6.42 Å². The van der Waals surface area contributed by atoms with Crippen molar-refractivity contribution in [3.05, 3.63) is 0 Å². The average molecular weight is 243 g/mol. The number of nitrogens with zero attached hydrogens (tertiary/aromatic N) is 1. The van der Waals surface area contributed by atoms with E-state index in [1.54, 1.807) is 6.92 Å². The van der Waals surface area contributed by atoms with Gasteiger partial charge in [-0.2, -0.15) is 5.26 Å². The van der Waals surface area contributed by atoms with Gasteiger partial charge in [0.25, 0.3) is 5.67 Å². The minimum atomic E-state index is -2.46. The Kier molecular flexibility index (Phi) is 8.39. The lowest BCUT2D eigenvalue weighted by atomic mass is 9.99. The third-order valence-electron chi connectivity index (χ3n) is 2.65. The van der Waals surface area contributed by atoms with Crippen molar-refractivity contribution in [1.82, 2.24) is 0 Å². The molecule has 0 amide bonds. The lowest BCUT2D eigenvalue weighted by molar-refractivity contribution is -0.153. The second-order valence-electron chi connectivity index (χ2n) is 4.15. The van der Waals surface area contributed by atoms with Crippen LogP contribution in [0.25, 0.3) is 0 Å². The molecule has 0 aromatic carbocycles. The Morgan fingerprint density at radius 1 is 1.24 bits per heavy atom. The van der Waals surface area contributed by atoms with E-state index in [4.69, 9.17) is 5.26 Å². The number of ether oxygens (including phenoxy) is 1. The molecule has 0 aliphatic carbocycles. The van der Waals surface area contributed by atoms with Crippen LogP contribution < -0.4 is 0 Å². The Balaban J connectivity index is 3.89. The van der Waals surface area contributed by atoms with E-state index in [0.717, 1.165) is 25.7 Å². The van der Waals surface area contributed by atoms with E-state index in [1.165, 1.54) is 12.5 Å². The summed E-state index contributed by atoms with van der Waals surface area (Å²) in [5.41, 5.74) is -2.46. The van der Waals surface area contributed by atoms with Crippen LogP contribution in [-0.2, 0) is 9.53 Å². The largest absolute Gasteiger partial charge is 0.463 e. The molecule has 0 radical (unpaired) electrons. The zero-order chi connectivity index (χ0) is 13.1. The molecule has 0 fully saturated rings. The van der Waals surface area contributed by atoms with Crippen molar-refractivity contribution in [3.63, 3.8) is 0 Å². The van der Waals surface area contributed by atoms with Gasteiger partial charge < -0.3 is 4.74 Å². The van der Waals surface area contributed by atoms with Crippen molar-refractivity contribution in [1.29, 1.82) is 5.26 Å². The predicted octanol–water partition coefficient (Wildman–Crippen LogP) is 3.53. The molecule has 0 rings (SSSR count). The summed E-state index contributed by atoms with van der Waals surface area (Å²) >= 11 is 0. The molecule has 4 heteroatoms. The van der Waals surface area contributed by atoms with Gasteiger partial charge in [0, 0.05) is 6.42 Å². The Labute approximate surface area is 103 Å². The molecular formula is C13H22FNO2. The molecule has 0 saturated carbocycles. The summed E-state index contributed by atoms with van der Waals surface area (Å²) < 4.78 is 18.4. The summed E-state index contributed by atoms with van der Waals surface area (Å²) in [4.78, 5) is 11.2. The van der Waals surface area contributed by atoms with Crippen molar-refractivity contribution in [2.75, 3.05) is 6.61 Å². The van der Waals surface area contributed by atoms with Gasteiger partial charge in [0.15, 0.2) is 0 Å². The minimum absolute atomic E-state index is 0.0611. The molecule has 98 valence electrons. The second-order valence-corrected chi connectivity index (χ2v) is 4.15. The zero-order valence-electron chi connectivity index (χ0n) is 10.8. The standard InChI is InChI=1S/C13H22FNO2/c1-3-5-6-7-8-9-10-13(14,11-15)12(16)17-4-2/h3-10H2,1-2H3/t13-/m1/s1. The monoisotopic (exact) mass is 243 g/mol. The molecule has 0 unspecified atom stereocenters. The lowest BCUT2D eigenvalue weighted by Gasteiger charge is -2.15. The fourth-order valence-corrected chi connectivity index (χ4v) is 1.60. The maximum atomic E-state index is 13.8. The molecule has 0 saturated heterocycles. The van der Waals surface area contributed by atoms with Crippen molar-refractivity contribution < 1.29 is 13.9 Å². The van der Waals surface area contributed by atoms with Gasteiger partial charge in [-0.1, -0.05) is 39.0 Å². The van der Waals surface area contributed by atoms with Gasteiger partial charge in [0.05, 0.1) is 6.61 Å². The molecule has 0 aliphatic heterocycles. The van der Waals surface area contributed by atoms with Gasteiger partial charge >= 0.3 is 5.97 Å². The van der Waals surface area contributed by atoms with Gasteiger partial charge in [-0.3, -0.25) is 0 Å². The molecule has 0 spiro atoms. The van der Waals surface area contributed by atoms with Gasteiger partial charge in [0.1, 0.15) is 6.07 Å². The van der Waals surface area contributed by atoms with Crippen LogP contribution in [0.15, 0.2) is 0 Å². The third kappa shape index (κ3) is 6.25. The molecule has 0 heterocycles. The van der Waals surface area contributed by atoms with Crippen LogP contribution in [0.5, 0.6) is 0 Å².